The monoisotopic (exact) mass is 1190 g/mol. The zero-order chi connectivity index (χ0) is 61.2. The number of carbonyl (C=O) groups is 1. The summed E-state index contributed by atoms with van der Waals surface area (Å²) >= 11 is 0. The minimum atomic E-state index is -0.724. The van der Waals surface area contributed by atoms with Crippen LogP contribution in [0, 0.1) is 0 Å². The number of rotatable bonds is 28. The second-order valence-corrected chi connectivity index (χ2v) is 21.9. The maximum Gasteiger partial charge on any atom is 0.303 e. The molecular weight excluding hydrogens is 1090 g/mol. The van der Waals surface area contributed by atoms with Crippen LogP contribution in [-0.2, 0) is 10.5 Å². The fraction of sp³-hybridized carbons (Fsp3) is 0.603. The summed E-state index contributed by atoms with van der Waals surface area (Å²) in [6.07, 6.45) is 16.2. The zero-order valence-corrected chi connectivity index (χ0v) is 51.2. The van der Waals surface area contributed by atoms with Gasteiger partial charge in [0.15, 0.2) is 46.0 Å². The van der Waals surface area contributed by atoms with Crippen molar-refractivity contribution in [2.45, 2.75) is 134 Å². The van der Waals surface area contributed by atoms with Crippen LogP contribution in [0.2, 0.25) is 0 Å². The Morgan fingerprint density at radius 3 is 1.45 bits per heavy atom. The van der Waals surface area contributed by atoms with Crippen molar-refractivity contribution >= 4 is 5.97 Å². The minimum absolute atomic E-state index is 0.0211. The largest absolute Gasteiger partial charge is 0.504 e. The second-order valence-electron chi connectivity index (χ2n) is 21.9. The van der Waals surface area contributed by atoms with E-state index in [1.54, 1.807) is 45.6 Å². The highest BCUT2D eigenvalue weighted by atomic mass is 16.5. The molecule has 0 radical (unpaired) electrons. The highest BCUT2D eigenvalue weighted by Gasteiger charge is 2.33. The molecular formula is C63H102N10O12. The van der Waals surface area contributed by atoms with E-state index in [0.29, 0.717) is 23.0 Å². The first-order valence-corrected chi connectivity index (χ1v) is 30.6. The summed E-state index contributed by atoms with van der Waals surface area (Å²) in [5, 5.41) is 89.4. The van der Waals surface area contributed by atoms with Gasteiger partial charge in [-0.15, -0.1) is 0 Å². The van der Waals surface area contributed by atoms with Crippen molar-refractivity contribution < 1.29 is 59.5 Å². The molecule has 4 aliphatic rings. The van der Waals surface area contributed by atoms with E-state index in [0.717, 1.165) is 165 Å². The molecule has 0 aromatic heterocycles. The number of phenols is 4. The van der Waals surface area contributed by atoms with E-state index in [9.17, 15) is 25.2 Å². The van der Waals surface area contributed by atoms with Gasteiger partial charge in [-0.2, -0.15) is 0 Å². The molecule has 0 bridgehead atoms. The number of aromatic hydroxyl groups is 4. The van der Waals surface area contributed by atoms with Crippen molar-refractivity contribution in [3.63, 3.8) is 0 Å². The van der Waals surface area contributed by atoms with Crippen molar-refractivity contribution in [2.75, 3.05) is 114 Å². The van der Waals surface area contributed by atoms with E-state index in [4.69, 9.17) is 34.3 Å². The number of carboxylic acids is 1. The molecule has 4 aliphatic heterocycles. The van der Waals surface area contributed by atoms with Gasteiger partial charge in [-0.1, -0.05) is 56.9 Å². The normalized spacial score (nSPS) is 17.7. The lowest BCUT2D eigenvalue weighted by Crippen LogP contribution is -2.58. The molecule has 476 valence electrons. The van der Waals surface area contributed by atoms with Gasteiger partial charge in [0.2, 0.25) is 0 Å². The van der Waals surface area contributed by atoms with Gasteiger partial charge in [0.1, 0.15) is 0 Å². The van der Waals surface area contributed by atoms with Crippen LogP contribution in [0.15, 0.2) is 72.8 Å². The van der Waals surface area contributed by atoms with Crippen molar-refractivity contribution in [3.8, 4) is 46.0 Å². The number of aliphatic carboxylic acids is 1. The topological polar surface area (TPSA) is 290 Å². The molecule has 1 unspecified atom stereocenters. The van der Waals surface area contributed by atoms with Crippen molar-refractivity contribution in [3.05, 3.63) is 95.1 Å². The van der Waals surface area contributed by atoms with Gasteiger partial charge in [0.05, 0.1) is 79.3 Å². The number of aliphatic hydroxyl groups is 2. The summed E-state index contributed by atoms with van der Waals surface area (Å²) in [5.41, 5.74) is 4.04. The first-order chi connectivity index (χ1) is 41.3. The number of unbranched alkanes of at least 4 members (excludes halogenated alkanes) is 8. The molecule has 22 heteroatoms. The van der Waals surface area contributed by atoms with E-state index in [1.807, 2.05) is 48.5 Å². The fourth-order valence-corrected chi connectivity index (χ4v) is 10.8. The Bertz CT molecular complexity index is 2490. The van der Waals surface area contributed by atoms with E-state index in [2.05, 4.69) is 58.8 Å². The number of phenolic OH excluding ortho intramolecular Hbond substituents is 4. The highest BCUT2D eigenvalue weighted by Crippen LogP contribution is 2.35. The van der Waals surface area contributed by atoms with Crippen LogP contribution in [0.5, 0.6) is 46.0 Å². The Kier molecular flexibility index (Phi) is 32.2. The maximum absolute atomic E-state index is 10.4. The molecule has 22 nitrogen and oxygen atoms in total. The van der Waals surface area contributed by atoms with Gasteiger partial charge in [0, 0.05) is 39.3 Å². The molecule has 4 fully saturated rings. The molecule has 1 atom stereocenters. The number of hydrogen-bond donors (Lipinski definition) is 14. The van der Waals surface area contributed by atoms with Crippen molar-refractivity contribution in [1.29, 1.82) is 0 Å². The van der Waals surface area contributed by atoms with Crippen LogP contribution in [0.25, 0.3) is 0 Å². The first kappa shape index (κ1) is 70.0. The number of carboxylic acid groups (broad SMARTS) is 1. The molecule has 4 heterocycles. The van der Waals surface area contributed by atoms with Gasteiger partial charge in [-0.25, -0.2) is 0 Å². The Labute approximate surface area is 504 Å². The number of aliphatic hydroxyl groups excluding tert-OH is 2. The van der Waals surface area contributed by atoms with Crippen molar-refractivity contribution in [2.24, 2.45) is 0 Å². The quantitative estimate of drug-likeness (QED) is 0.0255. The second kappa shape index (κ2) is 39.1. The summed E-state index contributed by atoms with van der Waals surface area (Å²) < 4.78 is 20.7. The summed E-state index contributed by atoms with van der Waals surface area (Å²) in [6, 6.07) is 21.9. The van der Waals surface area contributed by atoms with E-state index >= 15 is 0 Å². The van der Waals surface area contributed by atoms with Crippen LogP contribution in [0.3, 0.4) is 0 Å². The molecule has 4 aromatic carbocycles. The number of nitrogens with zero attached hydrogens (tertiary/aromatic N) is 3. The summed E-state index contributed by atoms with van der Waals surface area (Å²) in [4.78, 5) is 17.5. The lowest BCUT2D eigenvalue weighted by atomic mass is 9.90. The van der Waals surface area contributed by atoms with Crippen LogP contribution in [-0.4, -0.2) is 171 Å². The lowest BCUT2D eigenvalue weighted by Gasteiger charge is -2.40. The molecule has 0 aliphatic carbocycles. The number of hydrogen-bond acceptors (Lipinski definition) is 21. The molecule has 0 spiro atoms. The third-order valence-electron chi connectivity index (χ3n) is 15.6. The summed E-state index contributed by atoms with van der Waals surface area (Å²) in [6.45, 7) is 13.1. The number of benzene rings is 4. The third kappa shape index (κ3) is 23.5. The number of ether oxygens (including phenoxy) is 4. The molecule has 4 aromatic rings. The maximum atomic E-state index is 10.4. The van der Waals surface area contributed by atoms with Gasteiger partial charge >= 0.3 is 5.97 Å². The number of nitrogens with one attached hydrogen (secondary N) is 7. The predicted molar refractivity (Wildman–Crippen MR) is 331 cm³/mol. The average Bonchev–Trinajstić information content (AvgIpc) is 3.72. The van der Waals surface area contributed by atoms with Crippen LogP contribution in [0.1, 0.15) is 150 Å². The van der Waals surface area contributed by atoms with E-state index < -0.39 is 5.97 Å². The Balaban J connectivity index is 0.000000207. The first-order valence-electron chi connectivity index (χ1n) is 30.6. The Hall–Kier alpha value is -5.73. The molecule has 14 N–H and O–H groups in total. The van der Waals surface area contributed by atoms with Crippen LogP contribution >= 0.6 is 0 Å². The average molecular weight is 1190 g/mol. The van der Waals surface area contributed by atoms with Gasteiger partial charge in [0.25, 0.3) is 0 Å². The van der Waals surface area contributed by atoms with Crippen LogP contribution < -0.4 is 56.2 Å². The summed E-state index contributed by atoms with van der Waals surface area (Å²) in [5.74, 6) is 1.92. The molecule has 85 heavy (non-hydrogen) atoms. The highest BCUT2D eigenvalue weighted by molar-refractivity contribution is 5.66. The predicted octanol–water partition coefficient (Wildman–Crippen LogP) is 7.00. The van der Waals surface area contributed by atoms with Gasteiger partial charge in [-0.05, 0) is 168 Å². The zero-order valence-electron chi connectivity index (χ0n) is 51.2. The standard InChI is InChI=1S/C16H25N3O4.C16H26N2O3.C16H26N2O2.C15H25N3O3/c1-23-14-9-12(6-7-13(14)20)16-17-10-19(11-18-16)8-4-2-3-5-15(21)22;1-21-15-12-13(6-7-14(15)20)16(8-3-2-4-11-19)17-9-5-10-18-16;1-3-4-5-10-18-11-6-9-17-16(18)13-7-8-14(19)15(12-13)20-2;1-21-14-9-12(5-6-13(14)20)15-16-10-18(11-17-15)7-3-2-4-8-19/h6-7,9,16-18,20H,2-5,8,10-11H2,1H3,(H,21,22);6-7,12,17-20H,2-5,8-11H2,1H3;7-8,12,16-17,19H,3-6,9-11H2,1-2H3;5-6,9,15-17,19-20H,2-4,7-8,10-11H2,1H3. The molecule has 0 amide bonds. The minimum Gasteiger partial charge on any atom is -0.504 e. The fourth-order valence-electron chi connectivity index (χ4n) is 10.8. The smallest absolute Gasteiger partial charge is 0.303 e. The molecule has 4 saturated heterocycles. The van der Waals surface area contributed by atoms with Crippen LogP contribution in [0.4, 0.5) is 0 Å². The van der Waals surface area contributed by atoms with Gasteiger partial charge < -0.3 is 54.7 Å². The molecule has 0 saturated carbocycles. The Morgan fingerprint density at radius 2 is 0.965 bits per heavy atom. The van der Waals surface area contributed by atoms with E-state index in [-0.39, 0.29) is 66.8 Å². The van der Waals surface area contributed by atoms with E-state index in [1.165, 1.54) is 32.8 Å². The Morgan fingerprint density at radius 1 is 0.518 bits per heavy atom. The summed E-state index contributed by atoms with van der Waals surface area (Å²) in [7, 11) is 6.24. The van der Waals surface area contributed by atoms with Gasteiger partial charge in [-0.3, -0.25) is 56.7 Å². The van der Waals surface area contributed by atoms with Crippen molar-refractivity contribution in [1.82, 2.24) is 51.9 Å². The molecule has 8 rings (SSSR count). The lowest BCUT2D eigenvalue weighted by molar-refractivity contribution is -0.137. The number of methoxy groups -OCH3 is 4. The third-order valence-corrected chi connectivity index (χ3v) is 15.6. The SMILES string of the molecule is CCCCCN1CCCNC1c1ccc(O)c(OC)c1.COc1cc(C2(CCCCCO)NCCCN2)ccc1O.COc1cc(C2NCN(CCCCCC(=O)O)CN2)ccc1O.COc1cc(C2NCN(CCCCCO)CN2)ccc1O.